The average Bonchev–Trinajstić information content (AvgIpc) is 2.65. The van der Waals surface area contributed by atoms with Crippen LogP contribution in [-0.2, 0) is 4.79 Å². The third-order valence-electron chi connectivity index (χ3n) is 4.52. The van der Waals surface area contributed by atoms with E-state index in [2.05, 4.69) is 10.2 Å². The summed E-state index contributed by atoms with van der Waals surface area (Å²) in [6.07, 6.45) is 0. The van der Waals surface area contributed by atoms with Crippen LogP contribution in [0, 0.1) is 11.6 Å². The van der Waals surface area contributed by atoms with E-state index < -0.39 is 11.6 Å². The summed E-state index contributed by atoms with van der Waals surface area (Å²) in [7, 11) is 1.64. The molecule has 5 nitrogen and oxygen atoms in total. The molecule has 1 aliphatic rings. The molecule has 1 fully saturated rings. The molecule has 2 aromatic rings. The van der Waals surface area contributed by atoms with Gasteiger partial charge in [-0.25, -0.2) is 8.78 Å². The van der Waals surface area contributed by atoms with Gasteiger partial charge in [0.25, 0.3) is 5.91 Å². The van der Waals surface area contributed by atoms with Crippen molar-refractivity contribution in [3.05, 3.63) is 54.1 Å². The Balaban J connectivity index is 1.48. The molecule has 0 saturated carbocycles. The zero-order chi connectivity index (χ0) is 18.5. The van der Waals surface area contributed by atoms with Crippen molar-refractivity contribution >= 4 is 17.3 Å². The fraction of sp³-hybridized carbons (Fsp3) is 0.316. The number of benzene rings is 2. The van der Waals surface area contributed by atoms with Gasteiger partial charge < -0.3 is 19.9 Å². The maximum Gasteiger partial charge on any atom is 0.279 e. The van der Waals surface area contributed by atoms with Gasteiger partial charge in [-0.2, -0.15) is 0 Å². The molecule has 26 heavy (non-hydrogen) atoms. The first kappa shape index (κ1) is 18.1. The smallest absolute Gasteiger partial charge is 0.279 e. The summed E-state index contributed by atoms with van der Waals surface area (Å²) in [6.45, 7) is 3.66. The highest BCUT2D eigenvalue weighted by Crippen LogP contribution is 2.19. The van der Waals surface area contributed by atoms with Crippen molar-refractivity contribution in [1.82, 2.24) is 0 Å². The molecule has 0 radical (unpaired) electrons. The molecule has 1 heterocycles. The molecule has 138 valence electrons. The van der Waals surface area contributed by atoms with Crippen molar-refractivity contribution in [2.45, 2.75) is 0 Å². The number of piperazine rings is 1. The Morgan fingerprint density at radius 2 is 1.81 bits per heavy atom. The number of carbonyl (C=O) groups excluding carboxylic acids is 1. The van der Waals surface area contributed by atoms with Gasteiger partial charge in [-0.1, -0.05) is 0 Å². The number of amides is 1. The van der Waals surface area contributed by atoms with Crippen LogP contribution in [0.2, 0.25) is 0 Å². The third-order valence-corrected chi connectivity index (χ3v) is 4.52. The van der Waals surface area contributed by atoms with Crippen LogP contribution in [0.4, 0.5) is 20.2 Å². The Hall–Kier alpha value is -2.67. The molecule has 1 amide bonds. The van der Waals surface area contributed by atoms with Crippen LogP contribution >= 0.6 is 0 Å². The quantitative estimate of drug-likeness (QED) is 0.843. The lowest BCUT2D eigenvalue weighted by molar-refractivity contribution is -0.892. The molecule has 0 unspecified atom stereocenters. The van der Waals surface area contributed by atoms with Gasteiger partial charge in [-0.15, -0.1) is 0 Å². The van der Waals surface area contributed by atoms with Crippen LogP contribution in [-0.4, -0.2) is 45.7 Å². The Bertz CT molecular complexity index is 760. The van der Waals surface area contributed by atoms with Crippen LogP contribution < -0.4 is 19.9 Å². The highest BCUT2D eigenvalue weighted by molar-refractivity contribution is 5.91. The number of quaternary nitrogens is 1. The second-order valence-electron chi connectivity index (χ2n) is 6.29. The molecule has 0 atom stereocenters. The zero-order valence-electron chi connectivity index (χ0n) is 14.6. The number of anilines is 2. The lowest BCUT2D eigenvalue weighted by Crippen LogP contribution is -3.15. The van der Waals surface area contributed by atoms with E-state index in [1.54, 1.807) is 7.11 Å². The summed E-state index contributed by atoms with van der Waals surface area (Å²) in [6, 6.07) is 11.3. The maximum absolute atomic E-state index is 13.2. The minimum atomic E-state index is -0.969. The summed E-state index contributed by atoms with van der Waals surface area (Å²) in [5.41, 5.74) is 1.40. The molecule has 0 bridgehead atoms. The van der Waals surface area contributed by atoms with Gasteiger partial charge in [0.15, 0.2) is 18.2 Å². The SMILES string of the molecule is COc1ccc(N2CC[NH+](CC(=O)Nc3ccc(F)c(F)c3)CC2)cc1. The Kier molecular flexibility index (Phi) is 5.68. The number of methoxy groups -OCH3 is 1. The van der Waals surface area contributed by atoms with E-state index in [1.165, 1.54) is 6.07 Å². The van der Waals surface area contributed by atoms with Crippen molar-refractivity contribution in [3.63, 3.8) is 0 Å². The predicted octanol–water partition coefficient (Wildman–Crippen LogP) is 1.32. The molecular formula is C19H22F2N3O2+. The first-order chi connectivity index (χ1) is 12.5. The van der Waals surface area contributed by atoms with Gasteiger partial charge in [0, 0.05) is 17.4 Å². The normalized spacial score (nSPS) is 15.0. The zero-order valence-corrected chi connectivity index (χ0v) is 14.6. The third kappa shape index (κ3) is 4.49. The fourth-order valence-corrected chi connectivity index (χ4v) is 3.06. The van der Waals surface area contributed by atoms with Gasteiger partial charge in [0.2, 0.25) is 0 Å². The average molecular weight is 362 g/mol. The molecule has 1 saturated heterocycles. The number of hydrogen-bond acceptors (Lipinski definition) is 3. The van der Waals surface area contributed by atoms with Crippen LogP contribution in [0.5, 0.6) is 5.75 Å². The van der Waals surface area contributed by atoms with Crippen molar-refractivity contribution in [3.8, 4) is 5.75 Å². The monoisotopic (exact) mass is 362 g/mol. The molecule has 1 aliphatic heterocycles. The summed E-state index contributed by atoms with van der Waals surface area (Å²) in [5.74, 6) is -1.28. The van der Waals surface area contributed by atoms with E-state index in [-0.39, 0.29) is 11.6 Å². The van der Waals surface area contributed by atoms with E-state index in [1.807, 2.05) is 24.3 Å². The number of nitrogens with one attached hydrogen (secondary N) is 2. The lowest BCUT2D eigenvalue weighted by atomic mass is 10.2. The minimum absolute atomic E-state index is 0.205. The predicted molar refractivity (Wildman–Crippen MR) is 95.8 cm³/mol. The summed E-state index contributed by atoms with van der Waals surface area (Å²) in [4.78, 5) is 15.6. The van der Waals surface area contributed by atoms with E-state index in [0.717, 1.165) is 54.6 Å². The van der Waals surface area contributed by atoms with Gasteiger partial charge in [-0.05, 0) is 36.4 Å². The second kappa shape index (κ2) is 8.14. The van der Waals surface area contributed by atoms with Crippen molar-refractivity contribution in [2.24, 2.45) is 0 Å². The molecular weight excluding hydrogens is 340 g/mol. The number of rotatable bonds is 5. The van der Waals surface area contributed by atoms with Crippen molar-refractivity contribution < 1.29 is 23.2 Å². The first-order valence-electron chi connectivity index (χ1n) is 8.52. The number of halogens is 2. The summed E-state index contributed by atoms with van der Waals surface area (Å²) in [5, 5.41) is 2.62. The van der Waals surface area contributed by atoms with E-state index in [9.17, 15) is 13.6 Å². The minimum Gasteiger partial charge on any atom is -0.497 e. The van der Waals surface area contributed by atoms with Crippen LogP contribution in [0.3, 0.4) is 0 Å². The lowest BCUT2D eigenvalue weighted by Gasteiger charge is -2.33. The van der Waals surface area contributed by atoms with E-state index in [0.29, 0.717) is 6.54 Å². The van der Waals surface area contributed by atoms with Gasteiger partial charge in [0.1, 0.15) is 5.75 Å². The Labute approximate surface area is 151 Å². The number of ether oxygens (including phenoxy) is 1. The van der Waals surface area contributed by atoms with Crippen LogP contribution in [0.25, 0.3) is 0 Å². The fourth-order valence-electron chi connectivity index (χ4n) is 3.06. The highest BCUT2D eigenvalue weighted by Gasteiger charge is 2.22. The molecule has 0 spiro atoms. The van der Waals surface area contributed by atoms with Crippen molar-refractivity contribution in [1.29, 1.82) is 0 Å². The van der Waals surface area contributed by atoms with Crippen LogP contribution in [0.15, 0.2) is 42.5 Å². The Morgan fingerprint density at radius 1 is 1.12 bits per heavy atom. The first-order valence-corrected chi connectivity index (χ1v) is 8.52. The Morgan fingerprint density at radius 3 is 2.42 bits per heavy atom. The molecule has 0 aliphatic carbocycles. The molecule has 7 heteroatoms. The molecule has 2 N–H and O–H groups in total. The number of hydrogen-bond donors (Lipinski definition) is 2. The second-order valence-corrected chi connectivity index (χ2v) is 6.29. The molecule has 0 aromatic heterocycles. The highest BCUT2D eigenvalue weighted by atomic mass is 19.2. The number of nitrogens with zero attached hydrogens (tertiary/aromatic N) is 1. The summed E-state index contributed by atoms with van der Waals surface area (Å²) < 4.78 is 31.3. The topological polar surface area (TPSA) is 46.0 Å². The van der Waals surface area contributed by atoms with Gasteiger partial charge in [0.05, 0.1) is 33.3 Å². The molecule has 3 rings (SSSR count). The maximum atomic E-state index is 13.2. The summed E-state index contributed by atoms with van der Waals surface area (Å²) >= 11 is 0. The van der Waals surface area contributed by atoms with Crippen LogP contribution in [0.1, 0.15) is 0 Å². The largest absolute Gasteiger partial charge is 0.497 e. The van der Waals surface area contributed by atoms with E-state index >= 15 is 0 Å². The van der Waals surface area contributed by atoms with Gasteiger partial charge >= 0.3 is 0 Å². The molecule has 2 aromatic carbocycles. The van der Waals surface area contributed by atoms with Gasteiger partial charge in [-0.3, -0.25) is 4.79 Å². The van der Waals surface area contributed by atoms with Crippen molar-refractivity contribution in [2.75, 3.05) is 50.1 Å². The number of carbonyl (C=O) groups is 1. The van der Waals surface area contributed by atoms with E-state index in [4.69, 9.17) is 4.74 Å². The standard InChI is InChI=1S/C19H21F2N3O2/c1-26-16-5-3-15(4-6-16)24-10-8-23(9-11-24)13-19(25)22-14-2-7-17(20)18(21)12-14/h2-7,12H,8-11,13H2,1H3,(H,22,25)/p+1.